The lowest BCUT2D eigenvalue weighted by Crippen LogP contribution is -2.12. The van der Waals surface area contributed by atoms with Crippen molar-refractivity contribution in [3.63, 3.8) is 0 Å². The maximum absolute atomic E-state index is 12.1. The Morgan fingerprint density at radius 3 is 2.58 bits per heavy atom. The summed E-state index contributed by atoms with van der Waals surface area (Å²) < 4.78 is 1.66. The van der Waals surface area contributed by atoms with Crippen molar-refractivity contribution in [3.8, 4) is 5.75 Å². The minimum Gasteiger partial charge on any atom is -0.508 e. The first-order chi connectivity index (χ1) is 8.97. The second-order valence-electron chi connectivity index (χ2n) is 4.08. The molecule has 0 aliphatic heterocycles. The molecule has 0 aliphatic carbocycles. The summed E-state index contributed by atoms with van der Waals surface area (Å²) >= 11 is 6.72. The summed E-state index contributed by atoms with van der Waals surface area (Å²) in [6, 6.07) is 10.4. The largest absolute Gasteiger partial charge is 0.508 e. The van der Waals surface area contributed by atoms with E-state index in [0.29, 0.717) is 11.3 Å². The monoisotopic (exact) mass is 383 g/mol. The Hall–Kier alpha value is -1.33. The highest BCUT2D eigenvalue weighted by Gasteiger charge is 2.10. The lowest BCUT2D eigenvalue weighted by atomic mass is 10.1. The normalized spacial score (nSPS) is 10.3. The Labute approximate surface area is 127 Å². The van der Waals surface area contributed by atoms with E-state index in [2.05, 4.69) is 37.2 Å². The third-order valence-corrected chi connectivity index (χ3v) is 3.83. The fourth-order valence-electron chi connectivity index (χ4n) is 1.54. The van der Waals surface area contributed by atoms with Gasteiger partial charge in [0.15, 0.2) is 0 Å². The molecule has 0 radical (unpaired) electrons. The topological polar surface area (TPSA) is 49.3 Å². The van der Waals surface area contributed by atoms with E-state index in [4.69, 9.17) is 0 Å². The smallest absolute Gasteiger partial charge is 0.255 e. The first kappa shape index (κ1) is 14.1. The van der Waals surface area contributed by atoms with Gasteiger partial charge in [0.25, 0.3) is 5.91 Å². The molecule has 19 heavy (non-hydrogen) atoms. The van der Waals surface area contributed by atoms with Gasteiger partial charge in [-0.2, -0.15) is 0 Å². The Bertz CT molecular complexity index is 641. The zero-order chi connectivity index (χ0) is 14.0. The van der Waals surface area contributed by atoms with E-state index in [1.165, 1.54) is 6.07 Å². The van der Waals surface area contributed by atoms with E-state index in [-0.39, 0.29) is 11.7 Å². The van der Waals surface area contributed by atoms with Crippen molar-refractivity contribution in [2.24, 2.45) is 0 Å². The summed E-state index contributed by atoms with van der Waals surface area (Å²) in [7, 11) is 0. The van der Waals surface area contributed by atoms with Crippen LogP contribution < -0.4 is 5.32 Å². The van der Waals surface area contributed by atoms with E-state index < -0.39 is 0 Å². The molecule has 0 atom stereocenters. The standard InChI is InChI=1S/C14H11Br2NO2/c1-8-2-3-9(6-13(8)18)14(19)17-12-7-10(15)4-5-11(12)16/h2-7,18H,1H3,(H,17,19). The summed E-state index contributed by atoms with van der Waals surface area (Å²) in [5.74, 6) is -0.157. The van der Waals surface area contributed by atoms with Crippen molar-refractivity contribution < 1.29 is 9.90 Å². The minimum atomic E-state index is -0.269. The number of carbonyl (C=O) groups excluding carboxylic acids is 1. The van der Waals surface area contributed by atoms with Gasteiger partial charge < -0.3 is 10.4 Å². The molecule has 0 spiro atoms. The first-order valence-electron chi connectivity index (χ1n) is 5.53. The molecule has 0 unspecified atom stereocenters. The van der Waals surface area contributed by atoms with Gasteiger partial charge in [0, 0.05) is 14.5 Å². The molecule has 1 amide bonds. The van der Waals surface area contributed by atoms with Crippen LogP contribution in [-0.4, -0.2) is 11.0 Å². The highest BCUT2D eigenvalue weighted by atomic mass is 79.9. The van der Waals surface area contributed by atoms with Gasteiger partial charge in [-0.3, -0.25) is 4.79 Å². The Morgan fingerprint density at radius 1 is 1.16 bits per heavy atom. The van der Waals surface area contributed by atoms with E-state index in [0.717, 1.165) is 14.5 Å². The minimum absolute atomic E-state index is 0.112. The van der Waals surface area contributed by atoms with Crippen LogP contribution in [0.25, 0.3) is 0 Å². The van der Waals surface area contributed by atoms with Gasteiger partial charge in [-0.25, -0.2) is 0 Å². The van der Waals surface area contributed by atoms with Crippen LogP contribution in [0.15, 0.2) is 45.3 Å². The number of nitrogens with one attached hydrogen (secondary N) is 1. The molecule has 2 N–H and O–H groups in total. The number of amides is 1. The van der Waals surface area contributed by atoms with Crippen molar-refractivity contribution in [1.29, 1.82) is 0 Å². The number of hydrogen-bond acceptors (Lipinski definition) is 2. The molecule has 3 nitrogen and oxygen atoms in total. The zero-order valence-corrected chi connectivity index (χ0v) is 13.2. The van der Waals surface area contributed by atoms with Crippen molar-refractivity contribution in [2.75, 3.05) is 5.32 Å². The summed E-state index contributed by atoms with van der Waals surface area (Å²) in [6.45, 7) is 1.78. The molecule has 0 aliphatic rings. The van der Waals surface area contributed by atoms with Gasteiger partial charge in [-0.15, -0.1) is 0 Å². The fourth-order valence-corrected chi connectivity index (χ4v) is 2.25. The number of aryl methyl sites for hydroxylation is 1. The van der Waals surface area contributed by atoms with Gasteiger partial charge in [0.1, 0.15) is 5.75 Å². The quantitative estimate of drug-likeness (QED) is 0.801. The molecule has 2 rings (SSSR count). The van der Waals surface area contributed by atoms with Crippen LogP contribution in [-0.2, 0) is 0 Å². The van der Waals surface area contributed by atoms with E-state index in [1.54, 1.807) is 25.1 Å². The number of aromatic hydroxyl groups is 1. The average molecular weight is 385 g/mol. The molecule has 2 aromatic carbocycles. The van der Waals surface area contributed by atoms with Crippen LogP contribution in [0.5, 0.6) is 5.75 Å². The number of rotatable bonds is 2. The number of carbonyl (C=O) groups is 1. The average Bonchev–Trinajstić information content (AvgIpc) is 2.37. The maximum Gasteiger partial charge on any atom is 0.255 e. The molecular weight excluding hydrogens is 374 g/mol. The molecule has 0 bridgehead atoms. The molecule has 0 fully saturated rings. The summed E-state index contributed by atoms with van der Waals surface area (Å²) in [5, 5.41) is 12.4. The fraction of sp³-hybridized carbons (Fsp3) is 0.0714. The van der Waals surface area contributed by atoms with Crippen LogP contribution in [0.1, 0.15) is 15.9 Å². The summed E-state index contributed by atoms with van der Waals surface area (Å²) in [6.07, 6.45) is 0. The SMILES string of the molecule is Cc1ccc(C(=O)Nc2cc(Br)ccc2Br)cc1O. The third kappa shape index (κ3) is 3.36. The van der Waals surface area contributed by atoms with Crippen molar-refractivity contribution in [1.82, 2.24) is 0 Å². The molecule has 2 aromatic rings. The van der Waals surface area contributed by atoms with Crippen LogP contribution in [0.2, 0.25) is 0 Å². The first-order valence-corrected chi connectivity index (χ1v) is 7.12. The molecule has 0 saturated heterocycles. The molecular formula is C14H11Br2NO2. The van der Waals surface area contributed by atoms with Crippen molar-refractivity contribution >= 4 is 43.5 Å². The van der Waals surface area contributed by atoms with Crippen LogP contribution >= 0.6 is 31.9 Å². The van der Waals surface area contributed by atoms with Gasteiger partial charge in [0.2, 0.25) is 0 Å². The van der Waals surface area contributed by atoms with Crippen LogP contribution in [0.4, 0.5) is 5.69 Å². The number of benzene rings is 2. The van der Waals surface area contributed by atoms with Crippen LogP contribution in [0, 0.1) is 6.92 Å². The molecule has 0 heterocycles. The van der Waals surface area contributed by atoms with E-state index >= 15 is 0 Å². The van der Waals surface area contributed by atoms with Gasteiger partial charge in [0.05, 0.1) is 5.69 Å². The highest BCUT2D eigenvalue weighted by Crippen LogP contribution is 2.27. The number of hydrogen-bond donors (Lipinski definition) is 2. The van der Waals surface area contributed by atoms with Gasteiger partial charge in [-0.05, 0) is 58.7 Å². The third-order valence-electron chi connectivity index (χ3n) is 2.65. The van der Waals surface area contributed by atoms with E-state index in [1.807, 2.05) is 12.1 Å². The van der Waals surface area contributed by atoms with Crippen molar-refractivity contribution in [3.05, 3.63) is 56.5 Å². The second kappa shape index (κ2) is 5.75. The Balaban J connectivity index is 2.25. The number of halogens is 2. The lowest BCUT2D eigenvalue weighted by molar-refractivity contribution is 0.102. The van der Waals surface area contributed by atoms with Crippen LogP contribution in [0.3, 0.4) is 0 Å². The molecule has 98 valence electrons. The number of phenolic OH excluding ortho intramolecular Hbond substituents is 1. The summed E-state index contributed by atoms with van der Waals surface area (Å²) in [4.78, 5) is 12.1. The molecule has 0 saturated carbocycles. The van der Waals surface area contributed by atoms with Gasteiger partial charge >= 0.3 is 0 Å². The number of phenols is 1. The predicted octanol–water partition coefficient (Wildman–Crippen LogP) is 4.48. The molecule has 0 aromatic heterocycles. The highest BCUT2D eigenvalue weighted by molar-refractivity contribution is 9.11. The maximum atomic E-state index is 12.1. The predicted molar refractivity (Wildman–Crippen MR) is 82.6 cm³/mol. The lowest BCUT2D eigenvalue weighted by Gasteiger charge is -2.09. The molecule has 5 heteroatoms. The van der Waals surface area contributed by atoms with E-state index in [9.17, 15) is 9.90 Å². The summed E-state index contributed by atoms with van der Waals surface area (Å²) in [5.41, 5.74) is 1.81. The Morgan fingerprint density at radius 2 is 1.89 bits per heavy atom. The Kier molecular flexibility index (Phi) is 4.27. The zero-order valence-electron chi connectivity index (χ0n) is 10.1. The van der Waals surface area contributed by atoms with Crippen molar-refractivity contribution in [2.45, 2.75) is 6.92 Å². The second-order valence-corrected chi connectivity index (χ2v) is 5.85. The number of anilines is 1. The van der Waals surface area contributed by atoms with Gasteiger partial charge in [-0.1, -0.05) is 22.0 Å².